The van der Waals surface area contributed by atoms with E-state index in [2.05, 4.69) is 0 Å². The Kier molecular flexibility index (Phi) is 7.30. The summed E-state index contributed by atoms with van der Waals surface area (Å²) in [5, 5.41) is 22.2. The van der Waals surface area contributed by atoms with Crippen molar-refractivity contribution in [2.24, 2.45) is 29.1 Å². The minimum atomic E-state index is -1.24. The second kappa shape index (κ2) is 11.2. The van der Waals surface area contributed by atoms with E-state index in [1.807, 2.05) is 55.5 Å². The van der Waals surface area contributed by atoms with Gasteiger partial charge in [0.15, 0.2) is 0 Å². The first kappa shape index (κ1) is 29.9. The van der Waals surface area contributed by atoms with Crippen LogP contribution in [0.2, 0.25) is 0 Å². The maximum absolute atomic E-state index is 14.5. The van der Waals surface area contributed by atoms with Gasteiger partial charge in [-0.1, -0.05) is 72.7 Å². The minimum Gasteiger partial charge on any atom is -0.507 e. The molecule has 2 aliphatic heterocycles. The number of phenolic OH excluding ortho intramolecular Hbond substituents is 1. The molecule has 3 fully saturated rings. The molecule has 46 heavy (non-hydrogen) atoms. The monoisotopic (exact) mass is 620 g/mol. The SMILES string of the molecule is CC12C(=O)N(c3ccccc3)C(=O)C1CC1C(=CCC3C(=O)N(CCCCCC(=O)O)C(=O)C31)C2c1ccc2ccccc2c1O. The highest BCUT2D eigenvalue weighted by Crippen LogP contribution is 2.64. The highest BCUT2D eigenvalue weighted by molar-refractivity contribution is 6.24. The van der Waals surface area contributed by atoms with Crippen LogP contribution in [-0.2, 0) is 24.0 Å². The zero-order valence-corrected chi connectivity index (χ0v) is 25.6. The molecule has 0 aromatic heterocycles. The van der Waals surface area contributed by atoms with Gasteiger partial charge in [-0.05, 0) is 56.0 Å². The predicted octanol–water partition coefficient (Wildman–Crippen LogP) is 5.42. The van der Waals surface area contributed by atoms with E-state index < -0.39 is 41.0 Å². The Morgan fingerprint density at radius 3 is 2.37 bits per heavy atom. The Bertz CT molecular complexity index is 1820. The Balaban J connectivity index is 1.31. The van der Waals surface area contributed by atoms with Crippen LogP contribution in [0.4, 0.5) is 5.69 Å². The van der Waals surface area contributed by atoms with E-state index in [0.717, 1.165) is 11.0 Å². The fourth-order valence-corrected chi connectivity index (χ4v) is 8.70. The Labute approximate surface area is 266 Å². The summed E-state index contributed by atoms with van der Waals surface area (Å²) in [6, 6.07) is 20.0. The molecule has 2 heterocycles. The topological polar surface area (TPSA) is 132 Å². The summed E-state index contributed by atoms with van der Waals surface area (Å²) in [6.07, 6.45) is 4.16. The van der Waals surface area contributed by atoms with Gasteiger partial charge < -0.3 is 10.2 Å². The summed E-state index contributed by atoms with van der Waals surface area (Å²) in [6.45, 7) is 2.04. The van der Waals surface area contributed by atoms with Crippen molar-refractivity contribution in [2.45, 2.75) is 51.4 Å². The number of hydrogen-bond acceptors (Lipinski definition) is 6. The fourth-order valence-electron chi connectivity index (χ4n) is 8.70. The van der Waals surface area contributed by atoms with Gasteiger partial charge in [0.25, 0.3) is 0 Å². The van der Waals surface area contributed by atoms with Crippen LogP contribution in [0.15, 0.2) is 78.4 Å². The number of allylic oxidation sites excluding steroid dienone is 2. The standard InChI is InChI=1S/C37H36N2O7/c1-37-28(34(44)39(36(37)46)22-11-4-2-5-12-22)20-27-24(31(37)26-16-15-21-10-7-8-13-23(21)32(26)42)17-18-25-30(27)35(45)38(33(25)43)19-9-3-6-14-29(40)41/h2,4-5,7-8,10-13,15-17,25,27-28,30-31,42H,3,6,9,14,18-20H2,1H3,(H,40,41). The number of likely N-dealkylation sites (tertiary alicyclic amines) is 1. The Hall–Kier alpha value is -4.79. The van der Waals surface area contributed by atoms with Gasteiger partial charge in [-0.3, -0.25) is 28.9 Å². The number of benzene rings is 3. The lowest BCUT2D eigenvalue weighted by molar-refractivity contribution is -0.141. The number of aliphatic carboxylic acids is 1. The van der Waals surface area contributed by atoms with Gasteiger partial charge >= 0.3 is 5.97 Å². The number of carboxylic acids is 1. The first-order valence-electron chi connectivity index (χ1n) is 16.1. The van der Waals surface area contributed by atoms with Crippen molar-refractivity contribution < 1.29 is 34.2 Å². The molecule has 6 unspecified atom stereocenters. The molecule has 6 atom stereocenters. The molecule has 1 saturated carbocycles. The number of amides is 4. The molecule has 4 amide bonds. The van der Waals surface area contributed by atoms with Gasteiger partial charge in [-0.2, -0.15) is 0 Å². The number of hydrogen-bond donors (Lipinski definition) is 2. The van der Waals surface area contributed by atoms with Crippen LogP contribution in [0.5, 0.6) is 5.75 Å². The first-order chi connectivity index (χ1) is 22.1. The number of rotatable bonds is 8. The largest absolute Gasteiger partial charge is 0.507 e. The first-order valence-corrected chi connectivity index (χ1v) is 16.1. The highest BCUT2D eigenvalue weighted by Gasteiger charge is 2.67. The van der Waals surface area contributed by atoms with Gasteiger partial charge in [0.2, 0.25) is 23.6 Å². The van der Waals surface area contributed by atoms with Crippen molar-refractivity contribution in [3.05, 3.63) is 83.9 Å². The summed E-state index contributed by atoms with van der Waals surface area (Å²) >= 11 is 0. The van der Waals surface area contributed by atoms with E-state index >= 15 is 0 Å². The number of carbonyl (C=O) groups excluding carboxylic acids is 4. The van der Waals surface area contributed by atoms with Crippen molar-refractivity contribution in [2.75, 3.05) is 11.4 Å². The summed E-state index contributed by atoms with van der Waals surface area (Å²) in [7, 11) is 0. The normalized spacial score (nSPS) is 28.7. The lowest BCUT2D eigenvalue weighted by atomic mass is 9.51. The molecule has 2 N–H and O–H groups in total. The van der Waals surface area contributed by atoms with E-state index in [1.165, 1.54) is 9.80 Å². The molecule has 3 aromatic carbocycles. The second-order valence-corrected chi connectivity index (χ2v) is 13.3. The molecule has 0 spiro atoms. The lowest BCUT2D eigenvalue weighted by Gasteiger charge is -2.49. The molecule has 9 heteroatoms. The zero-order chi connectivity index (χ0) is 32.3. The van der Waals surface area contributed by atoms with Crippen LogP contribution < -0.4 is 4.90 Å². The number of fused-ring (bicyclic) bond motifs is 5. The fraction of sp³-hybridized carbons (Fsp3) is 0.378. The number of phenols is 1. The molecule has 7 rings (SSSR count). The zero-order valence-electron chi connectivity index (χ0n) is 25.6. The third kappa shape index (κ3) is 4.39. The van der Waals surface area contributed by atoms with Crippen molar-refractivity contribution in [3.63, 3.8) is 0 Å². The maximum atomic E-state index is 14.5. The van der Waals surface area contributed by atoms with E-state index in [1.54, 1.807) is 24.3 Å². The van der Waals surface area contributed by atoms with Gasteiger partial charge in [0, 0.05) is 29.8 Å². The van der Waals surface area contributed by atoms with Gasteiger partial charge in [0.1, 0.15) is 5.75 Å². The third-order valence-electron chi connectivity index (χ3n) is 10.9. The molecular weight excluding hydrogens is 584 g/mol. The Morgan fingerprint density at radius 2 is 1.61 bits per heavy atom. The van der Waals surface area contributed by atoms with Crippen LogP contribution in [0.3, 0.4) is 0 Å². The second-order valence-electron chi connectivity index (χ2n) is 13.3. The number of unbranched alkanes of at least 4 members (excludes halogenated alkanes) is 2. The molecule has 0 radical (unpaired) electrons. The molecule has 2 saturated heterocycles. The van der Waals surface area contributed by atoms with Crippen molar-refractivity contribution in [3.8, 4) is 5.75 Å². The molecule has 9 nitrogen and oxygen atoms in total. The highest BCUT2D eigenvalue weighted by atomic mass is 16.4. The molecule has 2 aliphatic carbocycles. The van der Waals surface area contributed by atoms with E-state index in [0.29, 0.717) is 42.3 Å². The van der Waals surface area contributed by atoms with Crippen LogP contribution in [0.1, 0.15) is 56.9 Å². The average Bonchev–Trinajstić information content (AvgIpc) is 3.41. The van der Waals surface area contributed by atoms with Crippen LogP contribution in [0.25, 0.3) is 10.8 Å². The lowest BCUT2D eigenvalue weighted by Crippen LogP contribution is -2.48. The van der Waals surface area contributed by atoms with Gasteiger partial charge in [-0.25, -0.2) is 4.90 Å². The number of carboxylic acid groups (broad SMARTS) is 1. The number of imide groups is 2. The van der Waals surface area contributed by atoms with E-state index in [-0.39, 0.29) is 48.8 Å². The Morgan fingerprint density at radius 1 is 0.870 bits per heavy atom. The molecular formula is C37H36N2O7. The van der Waals surface area contributed by atoms with Crippen molar-refractivity contribution in [1.29, 1.82) is 0 Å². The average molecular weight is 621 g/mol. The quantitative estimate of drug-likeness (QED) is 0.195. The van der Waals surface area contributed by atoms with E-state index in [9.17, 15) is 29.1 Å². The predicted molar refractivity (Wildman–Crippen MR) is 169 cm³/mol. The number of aromatic hydroxyl groups is 1. The summed E-state index contributed by atoms with van der Waals surface area (Å²) in [4.78, 5) is 69.9. The third-order valence-corrected chi connectivity index (χ3v) is 10.9. The van der Waals surface area contributed by atoms with Crippen molar-refractivity contribution >= 4 is 46.1 Å². The summed E-state index contributed by atoms with van der Waals surface area (Å²) in [5.74, 6) is -5.18. The number of nitrogens with zero attached hydrogens (tertiary/aromatic N) is 2. The van der Waals surface area contributed by atoms with E-state index in [4.69, 9.17) is 5.11 Å². The smallest absolute Gasteiger partial charge is 0.303 e. The number of anilines is 1. The van der Waals surface area contributed by atoms with Crippen LogP contribution in [-0.4, -0.2) is 51.3 Å². The molecule has 0 bridgehead atoms. The van der Waals surface area contributed by atoms with Gasteiger partial charge in [0.05, 0.1) is 28.9 Å². The van der Waals surface area contributed by atoms with Crippen LogP contribution >= 0.6 is 0 Å². The number of carbonyl (C=O) groups is 5. The summed E-state index contributed by atoms with van der Waals surface area (Å²) < 4.78 is 0. The minimum absolute atomic E-state index is 0.0401. The van der Waals surface area contributed by atoms with Crippen molar-refractivity contribution in [1.82, 2.24) is 4.90 Å². The van der Waals surface area contributed by atoms with Crippen LogP contribution in [0, 0.1) is 29.1 Å². The maximum Gasteiger partial charge on any atom is 0.303 e. The van der Waals surface area contributed by atoms with Gasteiger partial charge in [-0.15, -0.1) is 0 Å². The molecule has 4 aliphatic rings. The molecule has 3 aromatic rings. The number of para-hydroxylation sites is 1. The summed E-state index contributed by atoms with van der Waals surface area (Å²) in [5.41, 5.74) is 0.595. The molecule has 236 valence electrons.